The van der Waals surface area contributed by atoms with E-state index in [0.29, 0.717) is 20.3 Å². The first-order valence-corrected chi connectivity index (χ1v) is 5.60. The van der Waals surface area contributed by atoms with Gasteiger partial charge in [0.25, 0.3) is 0 Å². The molecule has 0 atom stereocenters. The quantitative estimate of drug-likeness (QED) is 0.793. The first-order chi connectivity index (χ1) is 7.69. The number of hydrogen-bond donors (Lipinski definition) is 0. The van der Waals surface area contributed by atoms with Crippen LogP contribution in [0.5, 0.6) is 11.7 Å². The second-order valence-corrected chi connectivity index (χ2v) is 4.15. The zero-order valence-corrected chi connectivity index (χ0v) is 10.9. The highest BCUT2D eigenvalue weighted by Gasteiger charge is 2.15. The number of hydrogen-bond acceptors (Lipinski definition) is 4. The van der Waals surface area contributed by atoms with Crippen LogP contribution < -0.4 is 14.9 Å². The Kier molecular flexibility index (Phi) is 3.04. The minimum absolute atomic E-state index is 0.142. The van der Waals surface area contributed by atoms with E-state index in [0.717, 1.165) is 0 Å². The largest absolute Gasteiger partial charge is 0.496 e. The van der Waals surface area contributed by atoms with Crippen LogP contribution in [0.1, 0.15) is 0 Å². The first-order valence-electron chi connectivity index (χ1n) is 4.52. The number of ether oxygens (including phenoxy) is 2. The second kappa shape index (κ2) is 4.32. The number of fused-ring (bicyclic) bond motifs is 1. The summed E-state index contributed by atoms with van der Waals surface area (Å²) in [5.41, 5.74) is 0.317. The molecule has 0 saturated carbocycles. The zero-order chi connectivity index (χ0) is 11.7. The summed E-state index contributed by atoms with van der Waals surface area (Å²) in [6.45, 7) is 0. The van der Waals surface area contributed by atoms with Crippen LogP contribution in [-0.2, 0) is 0 Å². The van der Waals surface area contributed by atoms with Crippen LogP contribution in [0.2, 0.25) is 0 Å². The Balaban J connectivity index is 2.93. The molecular weight excluding hydrogens is 323 g/mol. The van der Waals surface area contributed by atoms with E-state index in [9.17, 15) is 4.79 Å². The maximum absolute atomic E-state index is 12.1. The fourth-order valence-corrected chi connectivity index (χ4v) is 2.07. The van der Waals surface area contributed by atoms with E-state index in [4.69, 9.17) is 13.9 Å². The maximum Gasteiger partial charge on any atom is 0.302 e. The summed E-state index contributed by atoms with van der Waals surface area (Å²) >= 11 is 1.90. The molecule has 1 heterocycles. The number of halogens is 1. The van der Waals surface area contributed by atoms with Crippen molar-refractivity contribution >= 4 is 33.6 Å². The highest BCUT2D eigenvalue weighted by molar-refractivity contribution is 14.1. The Morgan fingerprint density at radius 3 is 2.62 bits per heavy atom. The van der Waals surface area contributed by atoms with Gasteiger partial charge in [-0.25, -0.2) is 0 Å². The molecule has 2 aromatic rings. The number of rotatable bonds is 2. The molecule has 0 aliphatic rings. The summed E-state index contributed by atoms with van der Waals surface area (Å²) in [6.07, 6.45) is 0. The molecule has 0 amide bonds. The molecule has 84 valence electrons. The standard InChI is InChI=1S/C11H9IO4/c1-14-6-4-3-5-7-8(6)10(13)9(12)11(15-2)16-7/h3-5H,1-2H3. The predicted octanol–water partition coefficient (Wildman–Crippen LogP) is 2.41. The van der Waals surface area contributed by atoms with Crippen molar-refractivity contribution < 1.29 is 13.9 Å². The lowest BCUT2D eigenvalue weighted by Crippen LogP contribution is -2.08. The van der Waals surface area contributed by atoms with Crippen LogP contribution in [0.25, 0.3) is 11.0 Å². The summed E-state index contributed by atoms with van der Waals surface area (Å²) in [5.74, 6) is 0.734. The Morgan fingerprint density at radius 2 is 2.00 bits per heavy atom. The fourth-order valence-electron chi connectivity index (χ4n) is 1.47. The van der Waals surface area contributed by atoms with Gasteiger partial charge >= 0.3 is 5.95 Å². The van der Waals surface area contributed by atoms with Gasteiger partial charge in [-0.1, -0.05) is 6.07 Å². The SMILES string of the molecule is COc1oc2cccc(OC)c2c(=O)c1I. The molecule has 2 rings (SSSR count). The third kappa shape index (κ3) is 1.64. The molecule has 0 aliphatic carbocycles. The van der Waals surface area contributed by atoms with Gasteiger partial charge in [-0.3, -0.25) is 4.79 Å². The molecule has 0 saturated heterocycles. The van der Waals surface area contributed by atoms with E-state index in [1.54, 1.807) is 18.2 Å². The van der Waals surface area contributed by atoms with E-state index in [2.05, 4.69) is 0 Å². The topological polar surface area (TPSA) is 48.7 Å². The lowest BCUT2D eigenvalue weighted by molar-refractivity contribution is 0.305. The molecule has 4 nitrogen and oxygen atoms in total. The van der Waals surface area contributed by atoms with Gasteiger partial charge < -0.3 is 13.9 Å². The van der Waals surface area contributed by atoms with Crippen molar-refractivity contribution in [3.8, 4) is 11.7 Å². The van der Waals surface area contributed by atoms with Crippen molar-refractivity contribution in [1.29, 1.82) is 0 Å². The fraction of sp³-hybridized carbons (Fsp3) is 0.182. The second-order valence-electron chi connectivity index (χ2n) is 3.07. The van der Waals surface area contributed by atoms with Crippen LogP contribution >= 0.6 is 22.6 Å². The summed E-state index contributed by atoms with van der Waals surface area (Å²) in [7, 11) is 2.98. The van der Waals surface area contributed by atoms with Crippen molar-refractivity contribution in [2.75, 3.05) is 14.2 Å². The molecule has 0 radical (unpaired) electrons. The van der Waals surface area contributed by atoms with Crippen LogP contribution in [0.15, 0.2) is 27.4 Å². The lowest BCUT2D eigenvalue weighted by atomic mass is 10.2. The normalized spacial score (nSPS) is 10.4. The van der Waals surface area contributed by atoms with Gasteiger partial charge in [0.05, 0.1) is 14.2 Å². The van der Waals surface area contributed by atoms with Crippen LogP contribution in [-0.4, -0.2) is 14.2 Å². The van der Waals surface area contributed by atoms with Crippen molar-refractivity contribution in [2.45, 2.75) is 0 Å². The van der Waals surface area contributed by atoms with E-state index in [1.165, 1.54) is 14.2 Å². The molecule has 0 N–H and O–H groups in total. The molecule has 0 bridgehead atoms. The number of benzene rings is 1. The van der Waals surface area contributed by atoms with Crippen molar-refractivity contribution in [2.24, 2.45) is 0 Å². The third-order valence-electron chi connectivity index (χ3n) is 2.20. The molecule has 0 unspecified atom stereocenters. The predicted molar refractivity (Wildman–Crippen MR) is 68.3 cm³/mol. The van der Waals surface area contributed by atoms with E-state index in [1.807, 2.05) is 22.6 Å². The smallest absolute Gasteiger partial charge is 0.302 e. The Bertz CT molecular complexity index is 588. The van der Waals surface area contributed by atoms with E-state index >= 15 is 0 Å². The van der Waals surface area contributed by atoms with Crippen LogP contribution in [0.3, 0.4) is 0 Å². The molecule has 1 aromatic carbocycles. The Labute approximate surface area is 105 Å². The molecule has 0 fully saturated rings. The molecule has 5 heteroatoms. The van der Waals surface area contributed by atoms with Crippen LogP contribution in [0, 0.1) is 3.57 Å². The number of methoxy groups -OCH3 is 2. The van der Waals surface area contributed by atoms with Gasteiger partial charge in [-0.2, -0.15) is 0 Å². The van der Waals surface area contributed by atoms with Gasteiger partial charge in [-0.05, 0) is 34.7 Å². The molecule has 0 aliphatic heterocycles. The van der Waals surface area contributed by atoms with E-state index < -0.39 is 0 Å². The molecular formula is C11H9IO4. The minimum Gasteiger partial charge on any atom is -0.496 e. The first kappa shape index (κ1) is 11.3. The van der Waals surface area contributed by atoms with Crippen molar-refractivity contribution in [3.05, 3.63) is 32.0 Å². The van der Waals surface area contributed by atoms with Crippen molar-refractivity contribution in [1.82, 2.24) is 0 Å². The van der Waals surface area contributed by atoms with Crippen molar-refractivity contribution in [3.63, 3.8) is 0 Å². The summed E-state index contributed by atoms with van der Waals surface area (Å²) in [5, 5.41) is 0.440. The Hall–Kier alpha value is -1.24. The average molecular weight is 332 g/mol. The summed E-state index contributed by atoms with van der Waals surface area (Å²) in [6, 6.07) is 5.19. The van der Waals surface area contributed by atoms with Gasteiger partial charge in [-0.15, -0.1) is 0 Å². The molecule has 16 heavy (non-hydrogen) atoms. The van der Waals surface area contributed by atoms with Gasteiger partial charge in [0.1, 0.15) is 20.3 Å². The van der Waals surface area contributed by atoms with Gasteiger partial charge in [0.2, 0.25) is 5.43 Å². The van der Waals surface area contributed by atoms with Gasteiger partial charge in [0.15, 0.2) is 0 Å². The third-order valence-corrected chi connectivity index (χ3v) is 3.13. The summed E-state index contributed by atoms with van der Waals surface area (Å²) in [4.78, 5) is 12.1. The minimum atomic E-state index is -0.142. The van der Waals surface area contributed by atoms with Crippen LogP contribution in [0.4, 0.5) is 0 Å². The van der Waals surface area contributed by atoms with E-state index in [-0.39, 0.29) is 11.4 Å². The summed E-state index contributed by atoms with van der Waals surface area (Å²) < 4.78 is 16.0. The lowest BCUT2D eigenvalue weighted by Gasteiger charge is -2.06. The molecule has 0 spiro atoms. The maximum atomic E-state index is 12.1. The van der Waals surface area contributed by atoms with Gasteiger partial charge in [0, 0.05) is 0 Å². The zero-order valence-electron chi connectivity index (χ0n) is 8.74. The Morgan fingerprint density at radius 1 is 1.25 bits per heavy atom. The average Bonchev–Trinajstić information content (AvgIpc) is 2.32. The highest BCUT2D eigenvalue weighted by atomic mass is 127. The monoisotopic (exact) mass is 332 g/mol. The molecule has 1 aromatic heterocycles. The highest BCUT2D eigenvalue weighted by Crippen LogP contribution is 2.28.